The SMILES string of the molecule is CC(C)(C)C1(C)c2ccccc2-c2cc3c(cc21)oc1c(-c2nc(-c4ccccn4)nc(-c4ccccn4)n2)cccc13.CCC1(C)c2ccccc2-c2cc3c(cc21)oc1c(-c2nc(-c4ccccc4)nc(-c4ccc5c(c4)C(C)(C)c4ccccc4-5)n2)cccc13.CCC1(CC)c2ccccc2-c2cc3c(cc21)oc1c(-c2nc(-c4ccc5c(c4)C(C)(C)c4ccccc4-5)nc(-c4ccccn4)n2)cccc13. The first kappa shape index (κ1) is 87.2. The minimum absolute atomic E-state index is 0.00612. The Morgan fingerprint density at radius 1 is 0.222 bits per heavy atom. The van der Waals surface area contributed by atoms with Gasteiger partial charge in [-0.25, -0.2) is 44.9 Å². The zero-order valence-corrected chi connectivity index (χ0v) is 82.2. The van der Waals surface area contributed by atoms with Gasteiger partial charge >= 0.3 is 0 Å². The fraction of sp³-hybridized carbons (Fsp3) is 0.163. The molecule has 14 aromatic carbocycles. The van der Waals surface area contributed by atoms with Crippen molar-refractivity contribution in [2.75, 3.05) is 0 Å². The summed E-state index contributed by atoms with van der Waals surface area (Å²) >= 11 is 0. The van der Waals surface area contributed by atoms with Crippen LogP contribution in [0.3, 0.4) is 0 Å². The molecule has 0 aliphatic heterocycles. The van der Waals surface area contributed by atoms with Crippen molar-refractivity contribution in [3.63, 3.8) is 0 Å². The Hall–Kier alpha value is -17.0. The van der Waals surface area contributed by atoms with Crippen molar-refractivity contribution < 1.29 is 13.3 Å². The molecule has 0 saturated carbocycles. The lowest BCUT2D eigenvalue weighted by Gasteiger charge is -2.40. The van der Waals surface area contributed by atoms with Crippen molar-refractivity contribution >= 4 is 65.8 Å². The number of hydrogen-bond acceptors (Lipinski definition) is 15. The molecular formula is C129H100N12O3. The van der Waals surface area contributed by atoms with Crippen molar-refractivity contribution in [1.82, 2.24) is 59.8 Å². The van der Waals surface area contributed by atoms with Crippen LogP contribution in [-0.2, 0) is 27.1 Å². The number of fused-ring (bicyclic) bond motifs is 24. The molecule has 0 amide bonds. The number of rotatable bonds is 12. The Kier molecular flexibility index (Phi) is 19.9. The highest BCUT2D eigenvalue weighted by Crippen LogP contribution is 2.61. The van der Waals surface area contributed by atoms with Crippen LogP contribution in [0, 0.1) is 5.41 Å². The molecule has 0 bridgehead atoms. The third-order valence-corrected chi connectivity index (χ3v) is 32.3. The molecule has 23 aromatic rings. The lowest BCUT2D eigenvalue weighted by Crippen LogP contribution is -2.36. The normalized spacial score (nSPS) is 15.8. The average Bonchev–Trinajstić information content (AvgIpc) is 1.53. The largest absolute Gasteiger partial charge is 0.455 e. The van der Waals surface area contributed by atoms with E-state index in [-0.39, 0.29) is 32.5 Å². The summed E-state index contributed by atoms with van der Waals surface area (Å²) < 4.78 is 20.4. The molecule has 0 N–H and O–H groups in total. The summed E-state index contributed by atoms with van der Waals surface area (Å²) in [6, 6.07) is 117. The summed E-state index contributed by atoms with van der Waals surface area (Å²) in [5, 5.41) is 6.41. The molecule has 0 radical (unpaired) electrons. The standard InChI is InChI=1S/C46H36N4O.C46H35N3O.C37H29N5O/c1-5-46(6-2)36-19-10-8-15-29(36)33-25-34-31-16-13-17-32(41(31)51-40(34)26-38(33)46)43-48-42(49-44(50-43)39-20-11-12-23-47-39)27-21-22-30-28-14-7-9-18-35(28)45(3,4)37(30)24-27;1-5-46(4)37-21-12-10-17-30(37)34-25-35-32-18-13-19-33(41(32)50-40(35)26-39(34)46)44-48-42(27-14-7-6-8-15-27)47-43(49-44)28-22-23-31-29-16-9-11-20-36(29)45(2,3)38(31)24-28;1-36(2,3)37(4)27-15-6-5-12-22(27)25-20-26-23-13-11-14-24(32(23)43-31(26)21-28(25)37)33-40-34(29-16-7-9-18-38-29)42-35(41-33)30-17-8-10-19-39-30/h7-26H,5-6H2,1-4H3;6-26H,5H2,1-4H3;5-21H,1-4H3. The average molecular weight is 1870 g/mol. The van der Waals surface area contributed by atoms with Crippen LogP contribution in [0.25, 0.3) is 224 Å². The highest BCUT2D eigenvalue weighted by atomic mass is 16.3. The maximum absolute atomic E-state index is 6.84. The molecule has 9 heterocycles. The van der Waals surface area contributed by atoms with Crippen molar-refractivity contribution in [3.05, 3.63) is 408 Å². The van der Waals surface area contributed by atoms with Gasteiger partial charge in [-0.3, -0.25) is 15.0 Å². The van der Waals surface area contributed by atoms with Gasteiger partial charge in [-0.05, 0) is 239 Å². The van der Waals surface area contributed by atoms with E-state index in [1.807, 2.05) is 84.9 Å². The van der Waals surface area contributed by atoms with Gasteiger partial charge in [-0.2, -0.15) is 0 Å². The van der Waals surface area contributed by atoms with Crippen LogP contribution in [-0.4, -0.2) is 59.8 Å². The van der Waals surface area contributed by atoms with E-state index in [1.54, 1.807) is 18.6 Å². The lowest BCUT2D eigenvalue weighted by atomic mass is 9.62. The number of hydrogen-bond donors (Lipinski definition) is 0. The highest BCUT2D eigenvalue weighted by molar-refractivity contribution is 6.14. The fourth-order valence-corrected chi connectivity index (χ4v) is 24.1. The molecule has 15 heteroatoms. The van der Waals surface area contributed by atoms with E-state index >= 15 is 0 Å². The molecule has 5 aliphatic rings. The fourth-order valence-electron chi connectivity index (χ4n) is 24.1. The second kappa shape index (κ2) is 32.8. The van der Waals surface area contributed by atoms with Gasteiger partial charge in [0.2, 0.25) is 0 Å². The summed E-state index contributed by atoms with van der Waals surface area (Å²) in [5.41, 5.74) is 38.0. The minimum Gasteiger partial charge on any atom is -0.455 e. The van der Waals surface area contributed by atoms with Crippen molar-refractivity contribution in [2.45, 2.75) is 129 Å². The summed E-state index contributed by atoms with van der Waals surface area (Å²) in [7, 11) is 0. The van der Waals surface area contributed by atoms with Gasteiger partial charge in [0, 0.05) is 94.7 Å². The van der Waals surface area contributed by atoms with Gasteiger partial charge in [0.1, 0.15) is 50.6 Å². The number of para-hydroxylation sites is 3. The number of aromatic nitrogens is 12. The van der Waals surface area contributed by atoms with Gasteiger partial charge in [0.05, 0.1) is 16.7 Å². The summed E-state index contributed by atoms with van der Waals surface area (Å²) in [5.74, 6) is 5.04. The molecule has 15 nitrogen and oxygen atoms in total. The van der Waals surface area contributed by atoms with Gasteiger partial charge in [0.25, 0.3) is 0 Å². The zero-order chi connectivity index (χ0) is 97.6. The van der Waals surface area contributed by atoms with Gasteiger partial charge in [-0.1, -0.05) is 314 Å². The quantitative estimate of drug-likeness (QED) is 0.112. The summed E-state index contributed by atoms with van der Waals surface area (Å²) in [4.78, 5) is 58.8. The Morgan fingerprint density at radius 2 is 0.542 bits per heavy atom. The smallest absolute Gasteiger partial charge is 0.182 e. The molecular weight excluding hydrogens is 1770 g/mol. The first-order valence-corrected chi connectivity index (χ1v) is 50.0. The number of nitrogens with zero attached hydrogens (tertiary/aromatic N) is 12. The molecule has 5 aliphatic carbocycles. The highest BCUT2D eigenvalue weighted by Gasteiger charge is 2.49. The topological polar surface area (TPSA) is 194 Å². The van der Waals surface area contributed by atoms with Gasteiger partial charge in [-0.15, -0.1) is 0 Å². The molecule has 9 aromatic heterocycles. The van der Waals surface area contributed by atoms with Crippen LogP contribution in [0.5, 0.6) is 0 Å². The molecule has 144 heavy (non-hydrogen) atoms. The Labute approximate surface area is 834 Å². The van der Waals surface area contributed by atoms with E-state index in [1.165, 1.54) is 111 Å². The van der Waals surface area contributed by atoms with E-state index in [0.29, 0.717) is 69.5 Å². The van der Waals surface area contributed by atoms with Crippen molar-refractivity contribution in [1.29, 1.82) is 0 Å². The van der Waals surface area contributed by atoms with Crippen molar-refractivity contribution in [3.8, 4) is 159 Å². The maximum Gasteiger partial charge on any atom is 0.182 e. The second-order valence-corrected chi connectivity index (χ2v) is 41.3. The van der Waals surface area contributed by atoms with E-state index in [4.69, 9.17) is 58.1 Å². The van der Waals surface area contributed by atoms with Gasteiger partial charge < -0.3 is 13.3 Å². The zero-order valence-electron chi connectivity index (χ0n) is 82.2. The summed E-state index contributed by atoms with van der Waals surface area (Å²) in [6.45, 7) is 27.7. The first-order valence-electron chi connectivity index (χ1n) is 50.0. The Morgan fingerprint density at radius 3 is 0.965 bits per heavy atom. The van der Waals surface area contributed by atoms with Crippen LogP contribution >= 0.6 is 0 Å². The number of benzene rings is 14. The lowest BCUT2D eigenvalue weighted by molar-refractivity contribution is 0.255. The van der Waals surface area contributed by atoms with Crippen LogP contribution in [0.4, 0.5) is 0 Å². The maximum atomic E-state index is 6.84. The van der Waals surface area contributed by atoms with E-state index in [0.717, 1.165) is 118 Å². The van der Waals surface area contributed by atoms with Crippen LogP contribution in [0.2, 0.25) is 0 Å². The van der Waals surface area contributed by atoms with Crippen LogP contribution in [0.1, 0.15) is 158 Å². The second-order valence-electron chi connectivity index (χ2n) is 41.3. The first-order chi connectivity index (χ1) is 70.1. The van der Waals surface area contributed by atoms with E-state index in [2.05, 4.69) is 347 Å². The number of furan rings is 3. The molecule has 2 unspecified atom stereocenters. The molecule has 694 valence electrons. The monoisotopic (exact) mass is 1860 g/mol. The molecule has 0 fully saturated rings. The van der Waals surface area contributed by atoms with Gasteiger partial charge in [0.15, 0.2) is 52.4 Å². The minimum atomic E-state index is -0.168. The predicted octanol–water partition coefficient (Wildman–Crippen LogP) is 32.2. The molecule has 28 rings (SSSR count). The van der Waals surface area contributed by atoms with Crippen LogP contribution in [0.15, 0.2) is 365 Å². The Balaban J connectivity index is 0.000000111. The van der Waals surface area contributed by atoms with E-state index < -0.39 is 0 Å². The summed E-state index contributed by atoms with van der Waals surface area (Å²) in [6.07, 6.45) is 8.32. The van der Waals surface area contributed by atoms with E-state index in [9.17, 15) is 0 Å². The number of pyridine rings is 3. The third kappa shape index (κ3) is 13.3. The predicted molar refractivity (Wildman–Crippen MR) is 579 cm³/mol. The molecule has 0 spiro atoms. The Bertz CT molecular complexity index is 9190. The van der Waals surface area contributed by atoms with Crippen molar-refractivity contribution in [2.24, 2.45) is 5.41 Å². The van der Waals surface area contributed by atoms with Crippen LogP contribution < -0.4 is 0 Å². The third-order valence-electron chi connectivity index (χ3n) is 32.3. The molecule has 0 saturated heterocycles. The molecule has 2 atom stereocenters.